The van der Waals surface area contributed by atoms with E-state index in [-0.39, 0.29) is 17.7 Å². The van der Waals surface area contributed by atoms with Gasteiger partial charge in [0.25, 0.3) is 5.91 Å². The van der Waals surface area contributed by atoms with Crippen molar-refractivity contribution < 1.29 is 13.9 Å². The summed E-state index contributed by atoms with van der Waals surface area (Å²) in [4.78, 5) is 15.4. The van der Waals surface area contributed by atoms with Gasteiger partial charge in [-0.3, -0.25) is 4.79 Å². The molecule has 1 aliphatic rings. The van der Waals surface area contributed by atoms with Crippen LogP contribution in [-0.2, 0) is 4.79 Å². The van der Waals surface area contributed by atoms with E-state index in [0.717, 1.165) is 0 Å². The normalized spacial score (nSPS) is 16.4. The lowest BCUT2D eigenvalue weighted by atomic mass is 10.1. The van der Waals surface area contributed by atoms with Crippen molar-refractivity contribution in [3.05, 3.63) is 42.5 Å². The fourth-order valence-corrected chi connectivity index (χ4v) is 2.23. The molecule has 1 aromatic carbocycles. The summed E-state index contributed by atoms with van der Waals surface area (Å²) in [7, 11) is 0. The molecule has 1 amide bonds. The number of hydrogen-bond acceptors (Lipinski definition) is 4. The van der Waals surface area contributed by atoms with Crippen molar-refractivity contribution in [1.82, 2.24) is 19.9 Å². The molecule has 0 N–H and O–H groups in total. The first-order chi connectivity index (χ1) is 10.1. The quantitative estimate of drug-likeness (QED) is 0.851. The molecule has 2 aromatic rings. The highest BCUT2D eigenvalue weighted by molar-refractivity contribution is 5.81. The van der Waals surface area contributed by atoms with E-state index in [2.05, 4.69) is 10.2 Å². The highest BCUT2D eigenvalue weighted by atomic mass is 19.1. The summed E-state index contributed by atoms with van der Waals surface area (Å²) in [5.74, 6) is -0.551. The Morgan fingerprint density at radius 1 is 1.33 bits per heavy atom. The highest BCUT2D eigenvalue weighted by Gasteiger charge is 2.35. The van der Waals surface area contributed by atoms with Gasteiger partial charge in [0, 0.05) is 13.1 Å². The van der Waals surface area contributed by atoms with E-state index < -0.39 is 11.9 Å². The molecular formula is C14H15FN4O2. The Kier molecular flexibility index (Phi) is 3.55. The molecule has 1 aliphatic heterocycles. The lowest BCUT2D eigenvalue weighted by molar-refractivity contribution is -0.144. The minimum atomic E-state index is -0.728. The van der Waals surface area contributed by atoms with E-state index >= 15 is 0 Å². The molecule has 2 heterocycles. The number of hydrogen-bond donors (Lipinski definition) is 0. The van der Waals surface area contributed by atoms with Gasteiger partial charge in [0.15, 0.2) is 17.7 Å². The third-order valence-electron chi connectivity index (χ3n) is 3.43. The number of carbonyl (C=O) groups is 1. The topological polar surface area (TPSA) is 60.2 Å². The van der Waals surface area contributed by atoms with Crippen LogP contribution >= 0.6 is 0 Å². The van der Waals surface area contributed by atoms with Crippen molar-refractivity contribution >= 4 is 5.91 Å². The average Bonchev–Trinajstić information content (AvgIpc) is 2.93. The van der Waals surface area contributed by atoms with Gasteiger partial charge in [0.2, 0.25) is 0 Å². The largest absolute Gasteiger partial charge is 0.478 e. The summed E-state index contributed by atoms with van der Waals surface area (Å²) < 4.78 is 18.9. The van der Waals surface area contributed by atoms with Crippen LogP contribution in [0, 0.1) is 5.82 Å². The SMILES string of the molecule is CC(Oc1ccccc1F)C(=O)N1CC(n2nccn2)C1. The molecule has 1 aromatic heterocycles. The van der Waals surface area contributed by atoms with E-state index in [9.17, 15) is 9.18 Å². The monoisotopic (exact) mass is 290 g/mol. The molecule has 0 bridgehead atoms. The third-order valence-corrected chi connectivity index (χ3v) is 3.43. The van der Waals surface area contributed by atoms with Gasteiger partial charge in [-0.2, -0.15) is 15.0 Å². The van der Waals surface area contributed by atoms with Crippen LogP contribution in [0.25, 0.3) is 0 Å². The van der Waals surface area contributed by atoms with E-state index in [1.165, 1.54) is 12.1 Å². The standard InChI is InChI=1S/C14H15FN4O2/c1-10(21-13-5-3-2-4-12(13)15)14(20)18-8-11(9-18)19-16-6-7-17-19/h2-7,10-11H,8-9H2,1H3. The number of halogens is 1. The van der Waals surface area contributed by atoms with E-state index in [1.54, 1.807) is 41.1 Å². The van der Waals surface area contributed by atoms with Crippen molar-refractivity contribution in [3.8, 4) is 5.75 Å². The minimum Gasteiger partial charge on any atom is -0.478 e. The summed E-state index contributed by atoms with van der Waals surface area (Å²) in [5, 5.41) is 8.09. The van der Waals surface area contributed by atoms with Crippen LogP contribution in [0.2, 0.25) is 0 Å². The molecule has 110 valence electrons. The second-order valence-corrected chi connectivity index (χ2v) is 4.94. The van der Waals surface area contributed by atoms with E-state index in [1.807, 2.05) is 0 Å². The number of carbonyl (C=O) groups excluding carboxylic acids is 1. The van der Waals surface area contributed by atoms with E-state index in [0.29, 0.717) is 13.1 Å². The highest BCUT2D eigenvalue weighted by Crippen LogP contribution is 2.22. The number of benzene rings is 1. The van der Waals surface area contributed by atoms with Crippen LogP contribution in [0.15, 0.2) is 36.7 Å². The maximum Gasteiger partial charge on any atom is 0.263 e. The zero-order valence-corrected chi connectivity index (χ0v) is 11.5. The van der Waals surface area contributed by atoms with Gasteiger partial charge < -0.3 is 9.64 Å². The van der Waals surface area contributed by atoms with Gasteiger partial charge in [-0.15, -0.1) is 0 Å². The van der Waals surface area contributed by atoms with Crippen molar-refractivity contribution in [2.24, 2.45) is 0 Å². The zero-order chi connectivity index (χ0) is 14.8. The second kappa shape index (κ2) is 5.51. The van der Waals surface area contributed by atoms with Crippen LogP contribution in [0.4, 0.5) is 4.39 Å². The Balaban J connectivity index is 1.56. The molecule has 7 heteroatoms. The van der Waals surface area contributed by atoms with Crippen LogP contribution < -0.4 is 4.74 Å². The molecule has 0 saturated carbocycles. The van der Waals surface area contributed by atoms with Crippen molar-refractivity contribution in [3.63, 3.8) is 0 Å². The van der Waals surface area contributed by atoms with Gasteiger partial charge in [-0.25, -0.2) is 4.39 Å². The smallest absolute Gasteiger partial charge is 0.263 e. The number of nitrogens with zero attached hydrogens (tertiary/aromatic N) is 4. The first-order valence-corrected chi connectivity index (χ1v) is 6.71. The summed E-state index contributed by atoms with van der Waals surface area (Å²) in [6, 6.07) is 6.15. The maximum atomic E-state index is 13.5. The number of para-hydroxylation sites is 1. The number of rotatable bonds is 4. The Bertz CT molecular complexity index is 626. The van der Waals surface area contributed by atoms with Crippen molar-refractivity contribution in [2.45, 2.75) is 19.1 Å². The van der Waals surface area contributed by atoms with Gasteiger partial charge in [-0.1, -0.05) is 12.1 Å². The maximum absolute atomic E-state index is 13.5. The molecule has 0 aliphatic carbocycles. The van der Waals surface area contributed by atoms with Gasteiger partial charge >= 0.3 is 0 Å². The van der Waals surface area contributed by atoms with Crippen LogP contribution in [0.3, 0.4) is 0 Å². The van der Waals surface area contributed by atoms with Gasteiger partial charge in [0.1, 0.15) is 6.04 Å². The summed E-state index contributed by atoms with van der Waals surface area (Å²) in [6.45, 7) is 2.70. The number of aromatic nitrogens is 3. The first kappa shape index (κ1) is 13.5. The lowest BCUT2D eigenvalue weighted by Crippen LogP contribution is -2.54. The number of likely N-dealkylation sites (tertiary alicyclic amines) is 1. The average molecular weight is 290 g/mol. The fourth-order valence-electron chi connectivity index (χ4n) is 2.23. The molecule has 0 spiro atoms. The summed E-state index contributed by atoms with van der Waals surface area (Å²) in [6.07, 6.45) is 2.48. The Morgan fingerprint density at radius 2 is 2.00 bits per heavy atom. The summed E-state index contributed by atoms with van der Waals surface area (Å²) in [5.41, 5.74) is 0. The Labute approximate surface area is 121 Å². The number of amides is 1. The first-order valence-electron chi connectivity index (χ1n) is 6.71. The molecule has 1 saturated heterocycles. The molecule has 0 radical (unpaired) electrons. The van der Waals surface area contributed by atoms with Crippen LogP contribution in [0.1, 0.15) is 13.0 Å². The van der Waals surface area contributed by atoms with Gasteiger partial charge in [-0.05, 0) is 19.1 Å². The molecule has 3 rings (SSSR count). The lowest BCUT2D eigenvalue weighted by Gasteiger charge is -2.39. The minimum absolute atomic E-state index is 0.0872. The van der Waals surface area contributed by atoms with Crippen LogP contribution in [0.5, 0.6) is 5.75 Å². The molecular weight excluding hydrogens is 275 g/mol. The van der Waals surface area contributed by atoms with Crippen molar-refractivity contribution in [2.75, 3.05) is 13.1 Å². The van der Waals surface area contributed by atoms with E-state index in [4.69, 9.17) is 4.74 Å². The Morgan fingerprint density at radius 3 is 2.67 bits per heavy atom. The molecule has 21 heavy (non-hydrogen) atoms. The third kappa shape index (κ3) is 2.72. The van der Waals surface area contributed by atoms with Gasteiger partial charge in [0.05, 0.1) is 12.4 Å². The number of ether oxygens (including phenoxy) is 1. The van der Waals surface area contributed by atoms with Crippen LogP contribution in [-0.4, -0.2) is 45.0 Å². The van der Waals surface area contributed by atoms with Crippen molar-refractivity contribution in [1.29, 1.82) is 0 Å². The Hall–Kier alpha value is -2.44. The molecule has 6 nitrogen and oxygen atoms in total. The predicted molar refractivity (Wildman–Crippen MR) is 72.1 cm³/mol. The molecule has 1 atom stereocenters. The summed E-state index contributed by atoms with van der Waals surface area (Å²) >= 11 is 0. The predicted octanol–water partition coefficient (Wildman–Crippen LogP) is 1.27. The molecule has 1 fully saturated rings. The second-order valence-electron chi connectivity index (χ2n) is 4.94. The fraction of sp³-hybridized carbons (Fsp3) is 0.357. The molecule has 1 unspecified atom stereocenters. The zero-order valence-electron chi connectivity index (χ0n) is 11.5.